The van der Waals surface area contributed by atoms with Gasteiger partial charge in [-0.25, -0.2) is 4.98 Å². The summed E-state index contributed by atoms with van der Waals surface area (Å²) in [7, 11) is 0. The van der Waals surface area contributed by atoms with Crippen LogP contribution in [0.1, 0.15) is 38.7 Å². The molecule has 1 fully saturated rings. The summed E-state index contributed by atoms with van der Waals surface area (Å²) in [6.45, 7) is 8.14. The van der Waals surface area contributed by atoms with Crippen LogP contribution in [0.3, 0.4) is 0 Å². The van der Waals surface area contributed by atoms with E-state index < -0.39 is 0 Å². The topological polar surface area (TPSA) is 16.1 Å². The van der Waals surface area contributed by atoms with Gasteiger partial charge in [0.15, 0.2) is 0 Å². The average molecular weight is 267 g/mol. The summed E-state index contributed by atoms with van der Waals surface area (Å²) in [5.41, 5.74) is 1.27. The van der Waals surface area contributed by atoms with Gasteiger partial charge in [0.05, 0.1) is 0 Å². The lowest BCUT2D eigenvalue weighted by molar-refractivity contribution is 0.264. The first-order chi connectivity index (χ1) is 8.65. The van der Waals surface area contributed by atoms with E-state index in [1.165, 1.54) is 37.9 Å². The highest BCUT2D eigenvalue weighted by Gasteiger charge is 2.19. The van der Waals surface area contributed by atoms with Crippen molar-refractivity contribution in [3.8, 4) is 0 Å². The maximum Gasteiger partial charge on any atom is 0.129 e. The standard InChI is InChI=1S/C15H23ClN2/c1-12(2)14-4-3-8-18(9-7-14)11-13-5-6-15(16)17-10-13/h5-6,10,12,14H,3-4,7-9,11H2,1-2H3. The Labute approximate surface area is 115 Å². The Bertz CT molecular complexity index is 361. The van der Waals surface area contributed by atoms with Gasteiger partial charge in [0.2, 0.25) is 0 Å². The number of hydrogen-bond acceptors (Lipinski definition) is 2. The van der Waals surface area contributed by atoms with Crippen LogP contribution in [0.25, 0.3) is 0 Å². The van der Waals surface area contributed by atoms with Gasteiger partial charge in [0, 0.05) is 12.7 Å². The molecule has 0 bridgehead atoms. The van der Waals surface area contributed by atoms with E-state index in [2.05, 4.69) is 29.8 Å². The fraction of sp³-hybridized carbons (Fsp3) is 0.667. The van der Waals surface area contributed by atoms with Crippen LogP contribution in [-0.4, -0.2) is 23.0 Å². The Balaban J connectivity index is 1.88. The molecule has 3 heteroatoms. The number of likely N-dealkylation sites (tertiary alicyclic amines) is 1. The van der Waals surface area contributed by atoms with Crippen molar-refractivity contribution in [1.29, 1.82) is 0 Å². The van der Waals surface area contributed by atoms with Gasteiger partial charge in [0.1, 0.15) is 5.15 Å². The van der Waals surface area contributed by atoms with Gasteiger partial charge >= 0.3 is 0 Å². The quantitative estimate of drug-likeness (QED) is 0.769. The fourth-order valence-electron chi connectivity index (χ4n) is 2.76. The lowest BCUT2D eigenvalue weighted by Crippen LogP contribution is -2.24. The molecule has 1 aromatic rings. The molecule has 0 N–H and O–H groups in total. The molecule has 2 nitrogen and oxygen atoms in total. The molecule has 1 saturated heterocycles. The number of aromatic nitrogens is 1. The summed E-state index contributed by atoms with van der Waals surface area (Å²) < 4.78 is 0. The lowest BCUT2D eigenvalue weighted by Gasteiger charge is -2.21. The third-order valence-electron chi connectivity index (χ3n) is 4.00. The maximum absolute atomic E-state index is 5.81. The molecule has 1 aliphatic rings. The summed E-state index contributed by atoms with van der Waals surface area (Å²) in [6.07, 6.45) is 5.93. The van der Waals surface area contributed by atoms with Crippen molar-refractivity contribution >= 4 is 11.6 Å². The molecule has 0 spiro atoms. The molecule has 0 saturated carbocycles. The van der Waals surface area contributed by atoms with Crippen molar-refractivity contribution in [2.45, 2.75) is 39.7 Å². The molecule has 1 unspecified atom stereocenters. The molecule has 0 aliphatic carbocycles. The third kappa shape index (κ3) is 3.96. The van der Waals surface area contributed by atoms with Crippen LogP contribution in [0, 0.1) is 11.8 Å². The minimum atomic E-state index is 0.578. The van der Waals surface area contributed by atoms with Crippen LogP contribution in [-0.2, 0) is 6.54 Å². The first-order valence-electron chi connectivity index (χ1n) is 6.98. The first-order valence-corrected chi connectivity index (χ1v) is 7.35. The highest BCUT2D eigenvalue weighted by atomic mass is 35.5. The van der Waals surface area contributed by atoms with E-state index in [1.54, 1.807) is 0 Å². The average Bonchev–Trinajstić information content (AvgIpc) is 2.58. The van der Waals surface area contributed by atoms with E-state index in [4.69, 9.17) is 11.6 Å². The summed E-state index contributed by atoms with van der Waals surface area (Å²) in [5.74, 6) is 1.72. The number of pyridine rings is 1. The van der Waals surface area contributed by atoms with Gasteiger partial charge in [-0.2, -0.15) is 0 Å². The second kappa shape index (κ2) is 6.53. The number of hydrogen-bond donors (Lipinski definition) is 0. The molecule has 0 radical (unpaired) electrons. The summed E-state index contributed by atoms with van der Waals surface area (Å²) in [4.78, 5) is 6.70. The van der Waals surface area contributed by atoms with E-state index in [-0.39, 0.29) is 0 Å². The molecule has 18 heavy (non-hydrogen) atoms. The number of halogens is 1. The Hall–Kier alpha value is -0.600. The largest absolute Gasteiger partial charge is 0.299 e. The zero-order chi connectivity index (χ0) is 13.0. The monoisotopic (exact) mass is 266 g/mol. The van der Waals surface area contributed by atoms with Crippen LogP contribution in [0.4, 0.5) is 0 Å². The summed E-state index contributed by atoms with van der Waals surface area (Å²) in [6, 6.07) is 3.96. The lowest BCUT2D eigenvalue weighted by atomic mass is 9.89. The predicted octanol–water partition coefficient (Wildman–Crippen LogP) is 3.99. The normalized spacial score (nSPS) is 22.1. The second-order valence-electron chi connectivity index (χ2n) is 5.70. The third-order valence-corrected chi connectivity index (χ3v) is 4.23. The van der Waals surface area contributed by atoms with Crippen molar-refractivity contribution in [3.63, 3.8) is 0 Å². The molecule has 1 aromatic heterocycles. The van der Waals surface area contributed by atoms with E-state index in [0.717, 1.165) is 18.4 Å². The summed E-state index contributed by atoms with van der Waals surface area (Å²) >= 11 is 5.81. The summed E-state index contributed by atoms with van der Waals surface area (Å²) in [5, 5.41) is 0.578. The first kappa shape index (κ1) is 13.8. The van der Waals surface area contributed by atoms with Crippen LogP contribution in [0.2, 0.25) is 5.15 Å². The highest BCUT2D eigenvalue weighted by Crippen LogP contribution is 2.25. The second-order valence-corrected chi connectivity index (χ2v) is 6.09. The van der Waals surface area contributed by atoms with Crippen molar-refractivity contribution in [1.82, 2.24) is 9.88 Å². The molecule has 1 aliphatic heterocycles. The molecular formula is C15H23ClN2. The smallest absolute Gasteiger partial charge is 0.129 e. The molecule has 0 aromatic carbocycles. The van der Waals surface area contributed by atoms with Crippen molar-refractivity contribution < 1.29 is 0 Å². The Morgan fingerprint density at radius 1 is 1.33 bits per heavy atom. The minimum absolute atomic E-state index is 0.578. The molecule has 0 amide bonds. The molecule has 2 rings (SSSR count). The number of rotatable bonds is 3. The van der Waals surface area contributed by atoms with Gasteiger partial charge in [-0.3, -0.25) is 4.90 Å². The Morgan fingerprint density at radius 2 is 2.17 bits per heavy atom. The van der Waals surface area contributed by atoms with Gasteiger partial charge in [0.25, 0.3) is 0 Å². The van der Waals surface area contributed by atoms with Crippen molar-refractivity contribution in [2.75, 3.05) is 13.1 Å². The Morgan fingerprint density at radius 3 is 2.83 bits per heavy atom. The fourth-order valence-corrected chi connectivity index (χ4v) is 2.88. The zero-order valence-electron chi connectivity index (χ0n) is 11.4. The van der Waals surface area contributed by atoms with Crippen LogP contribution < -0.4 is 0 Å². The zero-order valence-corrected chi connectivity index (χ0v) is 12.2. The van der Waals surface area contributed by atoms with Crippen molar-refractivity contribution in [2.24, 2.45) is 11.8 Å². The van der Waals surface area contributed by atoms with Gasteiger partial charge in [-0.05, 0) is 55.8 Å². The maximum atomic E-state index is 5.81. The van der Waals surface area contributed by atoms with Crippen LogP contribution in [0.15, 0.2) is 18.3 Å². The molecular weight excluding hydrogens is 244 g/mol. The van der Waals surface area contributed by atoms with E-state index in [1.807, 2.05) is 12.3 Å². The van der Waals surface area contributed by atoms with Crippen molar-refractivity contribution in [3.05, 3.63) is 29.0 Å². The highest BCUT2D eigenvalue weighted by molar-refractivity contribution is 6.29. The van der Waals surface area contributed by atoms with Crippen LogP contribution >= 0.6 is 11.6 Å². The SMILES string of the molecule is CC(C)C1CCCN(Cc2ccc(Cl)nc2)CC1. The Kier molecular flexibility index (Phi) is 5.02. The number of nitrogens with zero attached hydrogens (tertiary/aromatic N) is 2. The van der Waals surface area contributed by atoms with Gasteiger partial charge in [-0.15, -0.1) is 0 Å². The van der Waals surface area contributed by atoms with E-state index >= 15 is 0 Å². The van der Waals surface area contributed by atoms with E-state index in [9.17, 15) is 0 Å². The molecule has 1 atom stereocenters. The van der Waals surface area contributed by atoms with E-state index in [0.29, 0.717) is 5.15 Å². The molecule has 2 heterocycles. The minimum Gasteiger partial charge on any atom is -0.299 e. The van der Waals surface area contributed by atoms with Crippen LogP contribution in [0.5, 0.6) is 0 Å². The van der Waals surface area contributed by atoms with Gasteiger partial charge < -0.3 is 0 Å². The van der Waals surface area contributed by atoms with Gasteiger partial charge in [-0.1, -0.05) is 31.5 Å². The molecule has 100 valence electrons. The predicted molar refractivity (Wildman–Crippen MR) is 76.7 cm³/mol.